The van der Waals surface area contributed by atoms with E-state index in [0.29, 0.717) is 30.0 Å². The van der Waals surface area contributed by atoms with E-state index in [1.54, 1.807) is 6.07 Å². The highest BCUT2D eigenvalue weighted by atomic mass is 35.5. The van der Waals surface area contributed by atoms with Gasteiger partial charge in [-0.1, -0.05) is 36.4 Å². The second-order valence-electron chi connectivity index (χ2n) is 7.26. The second kappa shape index (κ2) is 8.37. The topological polar surface area (TPSA) is 81.6 Å². The molecule has 0 radical (unpaired) electrons. The van der Waals surface area contributed by atoms with Crippen LogP contribution in [0.4, 0.5) is 4.39 Å². The first-order chi connectivity index (χ1) is 14.7. The van der Waals surface area contributed by atoms with Gasteiger partial charge < -0.3 is 10.3 Å². The molecule has 2 aromatic heterocycles. The van der Waals surface area contributed by atoms with Gasteiger partial charge in [0.2, 0.25) is 0 Å². The van der Waals surface area contributed by atoms with Crippen LogP contribution in [0.15, 0.2) is 71.7 Å². The van der Waals surface area contributed by atoms with E-state index in [0.717, 1.165) is 28.3 Å². The summed E-state index contributed by atoms with van der Waals surface area (Å²) in [6, 6.07) is 18.5. The van der Waals surface area contributed by atoms with Crippen LogP contribution in [0.5, 0.6) is 0 Å². The van der Waals surface area contributed by atoms with Gasteiger partial charge in [-0.3, -0.25) is 0 Å². The van der Waals surface area contributed by atoms with Gasteiger partial charge in [-0.05, 0) is 48.0 Å². The van der Waals surface area contributed by atoms with Crippen molar-refractivity contribution in [3.05, 3.63) is 83.2 Å². The number of nitrogens with two attached hydrogens (primary N) is 1. The molecule has 0 amide bonds. The molecule has 8 heteroatoms. The van der Waals surface area contributed by atoms with Crippen molar-refractivity contribution in [1.29, 1.82) is 0 Å². The third-order valence-electron chi connectivity index (χ3n) is 5.35. The minimum atomic E-state index is -0.375. The molecular weight excluding hydrogens is 417 g/mol. The Bertz CT molecular complexity index is 1440. The van der Waals surface area contributed by atoms with Crippen molar-refractivity contribution in [1.82, 2.24) is 19.3 Å². The van der Waals surface area contributed by atoms with Gasteiger partial charge in [0.25, 0.3) is 0 Å². The summed E-state index contributed by atoms with van der Waals surface area (Å²) >= 11 is 0. The van der Waals surface area contributed by atoms with Crippen molar-refractivity contribution in [3.63, 3.8) is 0 Å². The molecule has 0 atom stereocenters. The fourth-order valence-corrected chi connectivity index (χ4v) is 3.92. The first-order valence-corrected chi connectivity index (χ1v) is 9.81. The second-order valence-corrected chi connectivity index (χ2v) is 7.26. The van der Waals surface area contributed by atoms with Crippen LogP contribution in [0.1, 0.15) is 6.42 Å². The molecule has 158 valence electrons. The third kappa shape index (κ3) is 3.62. The van der Waals surface area contributed by atoms with Crippen molar-refractivity contribution < 1.29 is 4.39 Å². The number of rotatable bonds is 5. The molecule has 2 heterocycles. The number of halogens is 2. The Hall–Kier alpha value is -3.42. The number of benzene rings is 3. The molecule has 0 aliphatic carbocycles. The average molecular weight is 438 g/mol. The van der Waals surface area contributed by atoms with Gasteiger partial charge >= 0.3 is 5.69 Å². The molecule has 0 fully saturated rings. The van der Waals surface area contributed by atoms with Gasteiger partial charge in [-0.2, -0.15) is 5.10 Å². The summed E-state index contributed by atoms with van der Waals surface area (Å²) in [5.41, 5.74) is 7.53. The Kier molecular flexibility index (Phi) is 5.63. The Morgan fingerprint density at radius 2 is 1.84 bits per heavy atom. The molecule has 3 N–H and O–H groups in total. The Morgan fingerprint density at radius 1 is 1.03 bits per heavy atom. The molecule has 5 aromatic rings. The molecule has 31 heavy (non-hydrogen) atoms. The van der Waals surface area contributed by atoms with Gasteiger partial charge in [0.05, 0.1) is 11.2 Å². The first-order valence-electron chi connectivity index (χ1n) is 9.81. The van der Waals surface area contributed by atoms with E-state index in [2.05, 4.69) is 10.2 Å². The molecular formula is C23H21ClFN5O. The van der Waals surface area contributed by atoms with Gasteiger partial charge in [0.15, 0.2) is 5.82 Å². The molecule has 0 aliphatic rings. The lowest BCUT2D eigenvalue weighted by Crippen LogP contribution is -2.15. The average Bonchev–Trinajstić information content (AvgIpc) is 3.31. The number of H-pyrrole nitrogens is 1. The predicted molar refractivity (Wildman–Crippen MR) is 124 cm³/mol. The summed E-state index contributed by atoms with van der Waals surface area (Å²) in [6.07, 6.45) is 2.64. The highest BCUT2D eigenvalue weighted by Crippen LogP contribution is 2.29. The fraction of sp³-hybridized carbons (Fsp3) is 0.130. The maximum absolute atomic E-state index is 14.1. The quantitative estimate of drug-likeness (QED) is 0.431. The summed E-state index contributed by atoms with van der Waals surface area (Å²) in [7, 11) is 0. The zero-order chi connectivity index (χ0) is 20.7. The molecule has 0 saturated heterocycles. The molecule has 5 rings (SSSR count). The zero-order valence-corrected chi connectivity index (χ0v) is 17.4. The van der Waals surface area contributed by atoms with Crippen molar-refractivity contribution in [3.8, 4) is 17.1 Å². The van der Waals surface area contributed by atoms with E-state index >= 15 is 0 Å². The lowest BCUT2D eigenvalue weighted by atomic mass is 10.1. The Labute approximate surface area is 183 Å². The minimum absolute atomic E-state index is 0. The normalized spacial score (nSPS) is 11.2. The molecule has 0 aliphatic heterocycles. The lowest BCUT2D eigenvalue weighted by molar-refractivity contribution is 0.629. The number of aryl methyl sites for hydroxylation is 1. The number of aromatic nitrogens is 4. The molecule has 0 spiro atoms. The molecule has 3 aromatic carbocycles. The van der Waals surface area contributed by atoms with E-state index in [4.69, 9.17) is 5.73 Å². The molecule has 0 bridgehead atoms. The first kappa shape index (κ1) is 20.8. The van der Waals surface area contributed by atoms with Crippen LogP contribution in [0.2, 0.25) is 0 Å². The summed E-state index contributed by atoms with van der Waals surface area (Å²) in [5.74, 6) is 0.122. The number of hydrogen-bond acceptors (Lipinski definition) is 3. The van der Waals surface area contributed by atoms with Crippen LogP contribution < -0.4 is 11.4 Å². The van der Waals surface area contributed by atoms with Crippen LogP contribution >= 0.6 is 12.4 Å². The van der Waals surface area contributed by atoms with Crippen molar-refractivity contribution in [2.45, 2.75) is 13.0 Å². The van der Waals surface area contributed by atoms with Gasteiger partial charge in [0.1, 0.15) is 5.82 Å². The monoisotopic (exact) mass is 437 g/mol. The van der Waals surface area contributed by atoms with Gasteiger partial charge in [-0.25, -0.2) is 18.9 Å². The molecule has 0 saturated carbocycles. The van der Waals surface area contributed by atoms with Crippen LogP contribution in [0.3, 0.4) is 0 Å². The summed E-state index contributed by atoms with van der Waals surface area (Å²) < 4.78 is 17.6. The fourth-order valence-electron chi connectivity index (χ4n) is 3.92. The third-order valence-corrected chi connectivity index (χ3v) is 5.35. The Balaban J connectivity index is 0.00000231. The Morgan fingerprint density at radius 3 is 2.65 bits per heavy atom. The summed E-state index contributed by atoms with van der Waals surface area (Å²) in [4.78, 5) is 12.8. The van der Waals surface area contributed by atoms with Crippen molar-refractivity contribution >= 4 is 34.1 Å². The maximum Gasteiger partial charge on any atom is 0.348 e. The van der Waals surface area contributed by atoms with E-state index in [9.17, 15) is 9.18 Å². The maximum atomic E-state index is 14.1. The number of nitrogens with zero attached hydrogens (tertiary/aromatic N) is 3. The number of fused-ring (bicyclic) bond motifs is 2. The highest BCUT2D eigenvalue weighted by Gasteiger charge is 2.18. The summed E-state index contributed by atoms with van der Waals surface area (Å²) in [5, 5.41) is 9.62. The van der Waals surface area contributed by atoms with E-state index in [-0.39, 0.29) is 23.9 Å². The van der Waals surface area contributed by atoms with Gasteiger partial charge in [0, 0.05) is 23.7 Å². The number of hydrogen-bond donors (Lipinski definition) is 2. The minimum Gasteiger partial charge on any atom is -0.345 e. The molecule has 0 unspecified atom stereocenters. The SMILES string of the molecule is Cl.NCCCn1cc(-n2c(-c3ccc4ccccc4c3)n[nH]c2=O)c2cc(F)ccc21. The van der Waals surface area contributed by atoms with E-state index < -0.39 is 0 Å². The standard InChI is InChI=1S/C23H20FN5O.ClH/c24-18-8-9-20-19(13-18)21(14-28(20)11-3-10-25)29-22(26-27-23(29)30)17-7-6-15-4-1-2-5-16(15)12-17;/h1-2,4-9,12-14H,3,10-11,25H2,(H,27,30);1H. The summed E-state index contributed by atoms with van der Waals surface area (Å²) in [6.45, 7) is 1.22. The predicted octanol–water partition coefficient (Wildman–Crippen LogP) is 4.25. The lowest BCUT2D eigenvalue weighted by Gasteiger charge is -2.06. The smallest absolute Gasteiger partial charge is 0.345 e. The van der Waals surface area contributed by atoms with Crippen LogP contribution in [-0.2, 0) is 6.54 Å². The highest BCUT2D eigenvalue weighted by molar-refractivity contribution is 5.91. The van der Waals surface area contributed by atoms with Crippen molar-refractivity contribution in [2.24, 2.45) is 5.73 Å². The van der Waals surface area contributed by atoms with Crippen LogP contribution in [0, 0.1) is 5.82 Å². The van der Waals surface area contributed by atoms with E-state index in [1.807, 2.05) is 53.2 Å². The number of nitrogens with one attached hydrogen (secondary N) is 1. The van der Waals surface area contributed by atoms with Crippen LogP contribution in [0.25, 0.3) is 38.8 Å². The number of aromatic amines is 1. The van der Waals surface area contributed by atoms with Gasteiger partial charge in [-0.15, -0.1) is 12.4 Å². The largest absolute Gasteiger partial charge is 0.348 e. The van der Waals surface area contributed by atoms with E-state index in [1.165, 1.54) is 16.7 Å². The zero-order valence-electron chi connectivity index (χ0n) is 16.6. The van der Waals surface area contributed by atoms with Crippen molar-refractivity contribution in [2.75, 3.05) is 6.54 Å². The molecule has 6 nitrogen and oxygen atoms in total. The van der Waals surface area contributed by atoms with Crippen LogP contribution in [-0.4, -0.2) is 25.9 Å².